The Morgan fingerprint density at radius 3 is 2.30 bits per heavy atom. The highest BCUT2D eigenvalue weighted by Crippen LogP contribution is 2.23. The first kappa shape index (κ1) is 17.7. The lowest BCUT2D eigenvalue weighted by molar-refractivity contribution is 0.0472. The minimum atomic E-state index is -3.00. The van der Waals surface area contributed by atoms with Gasteiger partial charge in [0.05, 0.1) is 18.1 Å². The Balaban J connectivity index is 1.91. The van der Waals surface area contributed by atoms with Crippen LogP contribution in [-0.4, -0.2) is 32.5 Å². The maximum atomic E-state index is 13.4. The molecule has 0 aliphatic carbocycles. The van der Waals surface area contributed by atoms with Gasteiger partial charge in [0.2, 0.25) is 0 Å². The summed E-state index contributed by atoms with van der Waals surface area (Å²) in [5.41, 5.74) is -1.02. The highest BCUT2D eigenvalue weighted by atomic mass is 32.2. The summed E-state index contributed by atoms with van der Waals surface area (Å²) in [6.45, 7) is -0.149. The zero-order valence-electron chi connectivity index (χ0n) is 12.0. The minimum Gasteiger partial charge on any atom is -0.462 e. The second-order valence-corrected chi connectivity index (χ2v) is 7.67. The molecule has 9 heteroatoms. The first-order valence-electron chi connectivity index (χ1n) is 6.92. The number of esters is 1. The van der Waals surface area contributed by atoms with Gasteiger partial charge in [0.15, 0.2) is 23.3 Å². The zero-order chi connectivity index (χ0) is 17.2. The second kappa shape index (κ2) is 6.86. The Morgan fingerprint density at radius 2 is 1.70 bits per heavy atom. The summed E-state index contributed by atoms with van der Waals surface area (Å²) in [5, 5.41) is 0. The number of hydrogen-bond acceptors (Lipinski definition) is 4. The summed E-state index contributed by atoms with van der Waals surface area (Å²) in [4.78, 5) is 11.6. The summed E-state index contributed by atoms with van der Waals surface area (Å²) in [6.07, 6.45) is 1.23. The molecule has 1 aromatic carbocycles. The number of hydrogen-bond donors (Lipinski definition) is 0. The fourth-order valence-corrected chi connectivity index (χ4v) is 3.93. The molecule has 1 aliphatic heterocycles. The lowest BCUT2D eigenvalue weighted by atomic mass is 9.99. The molecule has 0 radical (unpaired) electrons. The lowest BCUT2D eigenvalue weighted by Crippen LogP contribution is -2.24. The third-order valence-electron chi connectivity index (χ3n) is 3.76. The van der Waals surface area contributed by atoms with Gasteiger partial charge in [-0.2, -0.15) is 0 Å². The van der Waals surface area contributed by atoms with Crippen LogP contribution in [0.25, 0.3) is 0 Å². The van der Waals surface area contributed by atoms with Crippen molar-refractivity contribution in [2.45, 2.75) is 19.3 Å². The van der Waals surface area contributed by atoms with E-state index in [0.29, 0.717) is 19.3 Å². The maximum Gasteiger partial charge on any atom is 0.341 e. The van der Waals surface area contributed by atoms with E-state index < -0.39 is 44.6 Å². The number of ether oxygens (including phenoxy) is 1. The molecule has 0 saturated carbocycles. The third-order valence-corrected chi connectivity index (χ3v) is 5.47. The zero-order valence-corrected chi connectivity index (χ0v) is 12.8. The highest BCUT2D eigenvalue weighted by molar-refractivity contribution is 7.91. The fraction of sp³-hybridized carbons (Fsp3) is 0.500. The van der Waals surface area contributed by atoms with Crippen LogP contribution in [0.4, 0.5) is 17.6 Å². The van der Waals surface area contributed by atoms with E-state index in [-0.39, 0.29) is 30.1 Å². The van der Waals surface area contributed by atoms with Crippen LogP contribution in [0, 0.1) is 29.2 Å². The normalized spacial score (nSPS) is 17.9. The third kappa shape index (κ3) is 4.21. The number of carbonyl (C=O) groups is 1. The van der Waals surface area contributed by atoms with Gasteiger partial charge in [-0.3, -0.25) is 0 Å². The molecule has 0 N–H and O–H groups in total. The topological polar surface area (TPSA) is 60.4 Å². The van der Waals surface area contributed by atoms with E-state index in [0.717, 1.165) is 0 Å². The highest BCUT2D eigenvalue weighted by Gasteiger charge is 2.26. The molecule has 0 atom stereocenters. The molecule has 1 saturated heterocycles. The molecule has 23 heavy (non-hydrogen) atoms. The molecule has 0 aromatic heterocycles. The van der Waals surface area contributed by atoms with Crippen molar-refractivity contribution in [2.75, 3.05) is 18.1 Å². The van der Waals surface area contributed by atoms with E-state index in [2.05, 4.69) is 0 Å². The maximum absolute atomic E-state index is 13.4. The first-order chi connectivity index (χ1) is 10.7. The molecule has 1 aromatic rings. The van der Waals surface area contributed by atoms with E-state index in [4.69, 9.17) is 4.74 Å². The molecule has 1 fully saturated rings. The van der Waals surface area contributed by atoms with E-state index in [1.54, 1.807) is 0 Å². The quantitative estimate of drug-likeness (QED) is 0.361. The van der Waals surface area contributed by atoms with Gasteiger partial charge in [0.1, 0.15) is 15.4 Å². The number of sulfone groups is 1. The number of carbonyl (C=O) groups excluding carboxylic acids is 1. The predicted molar refractivity (Wildman–Crippen MR) is 72.6 cm³/mol. The van der Waals surface area contributed by atoms with Crippen molar-refractivity contribution in [2.24, 2.45) is 5.92 Å². The van der Waals surface area contributed by atoms with E-state index in [9.17, 15) is 30.8 Å². The van der Waals surface area contributed by atoms with Gasteiger partial charge in [-0.05, 0) is 31.2 Å². The molecular weight excluding hydrogens is 340 g/mol. The van der Waals surface area contributed by atoms with Gasteiger partial charge in [0, 0.05) is 0 Å². The summed E-state index contributed by atoms with van der Waals surface area (Å²) >= 11 is 0. The van der Waals surface area contributed by atoms with Crippen molar-refractivity contribution >= 4 is 15.8 Å². The smallest absolute Gasteiger partial charge is 0.341 e. The van der Waals surface area contributed by atoms with E-state index >= 15 is 0 Å². The van der Waals surface area contributed by atoms with Crippen molar-refractivity contribution in [3.63, 3.8) is 0 Å². The van der Waals surface area contributed by atoms with Crippen LogP contribution < -0.4 is 0 Å². The van der Waals surface area contributed by atoms with Crippen molar-refractivity contribution in [3.05, 3.63) is 34.9 Å². The van der Waals surface area contributed by atoms with Crippen LogP contribution in [0.15, 0.2) is 6.07 Å². The van der Waals surface area contributed by atoms with Crippen LogP contribution in [0.1, 0.15) is 29.6 Å². The van der Waals surface area contributed by atoms with Gasteiger partial charge in [0.25, 0.3) is 0 Å². The largest absolute Gasteiger partial charge is 0.462 e. The minimum absolute atomic E-state index is 0.0397. The van der Waals surface area contributed by atoms with Crippen LogP contribution in [-0.2, 0) is 14.6 Å². The first-order valence-corrected chi connectivity index (χ1v) is 8.74. The summed E-state index contributed by atoms with van der Waals surface area (Å²) in [7, 11) is -3.00. The second-order valence-electron chi connectivity index (χ2n) is 5.37. The van der Waals surface area contributed by atoms with Crippen LogP contribution in [0.3, 0.4) is 0 Å². The number of rotatable bonds is 4. The fourth-order valence-electron chi connectivity index (χ4n) is 2.34. The Bertz CT molecular complexity index is 704. The van der Waals surface area contributed by atoms with Crippen molar-refractivity contribution in [3.8, 4) is 0 Å². The van der Waals surface area contributed by atoms with E-state index in [1.165, 1.54) is 0 Å². The molecule has 4 nitrogen and oxygen atoms in total. The lowest BCUT2D eigenvalue weighted by Gasteiger charge is -2.21. The van der Waals surface area contributed by atoms with Crippen LogP contribution >= 0.6 is 0 Å². The Kier molecular flexibility index (Phi) is 5.28. The number of halogens is 4. The molecule has 1 aliphatic rings. The molecule has 0 spiro atoms. The molecule has 128 valence electrons. The van der Waals surface area contributed by atoms with Gasteiger partial charge in [-0.15, -0.1) is 0 Å². The standard InChI is InChI=1S/C14H14F4O4S/c15-10-7-9(11(16)13(18)12(10)17)14(19)22-4-1-8-2-5-23(20,21)6-3-8/h7-8H,1-6H2. The van der Waals surface area contributed by atoms with Crippen LogP contribution in [0.2, 0.25) is 0 Å². The van der Waals surface area contributed by atoms with Gasteiger partial charge < -0.3 is 4.74 Å². The summed E-state index contributed by atoms with van der Waals surface area (Å²) in [5.74, 6) is -8.70. The molecule has 0 amide bonds. The Hall–Kier alpha value is -1.64. The van der Waals surface area contributed by atoms with Crippen LogP contribution in [0.5, 0.6) is 0 Å². The SMILES string of the molecule is O=C(OCCC1CCS(=O)(=O)CC1)c1cc(F)c(F)c(F)c1F. The monoisotopic (exact) mass is 354 g/mol. The summed E-state index contributed by atoms with van der Waals surface area (Å²) in [6, 6.07) is 0.239. The molecule has 2 rings (SSSR count). The van der Waals surface area contributed by atoms with Crippen molar-refractivity contribution < 1.29 is 35.5 Å². The van der Waals surface area contributed by atoms with Crippen molar-refractivity contribution in [1.82, 2.24) is 0 Å². The van der Waals surface area contributed by atoms with Gasteiger partial charge >= 0.3 is 5.97 Å². The van der Waals surface area contributed by atoms with Gasteiger partial charge in [-0.1, -0.05) is 0 Å². The van der Waals surface area contributed by atoms with Crippen molar-refractivity contribution in [1.29, 1.82) is 0 Å². The average Bonchev–Trinajstić information content (AvgIpc) is 2.50. The van der Waals surface area contributed by atoms with E-state index in [1.807, 2.05) is 0 Å². The Morgan fingerprint density at radius 1 is 1.09 bits per heavy atom. The molecule has 1 heterocycles. The predicted octanol–water partition coefficient (Wildman–Crippen LogP) is 2.61. The Labute approximate surface area is 130 Å². The molecule has 0 bridgehead atoms. The summed E-state index contributed by atoms with van der Waals surface area (Å²) < 4.78 is 79.5. The number of benzene rings is 1. The molecular formula is C14H14F4O4S. The molecule has 0 unspecified atom stereocenters. The average molecular weight is 354 g/mol. The van der Waals surface area contributed by atoms with Gasteiger partial charge in [-0.25, -0.2) is 30.8 Å².